The average Bonchev–Trinajstić information content (AvgIpc) is 2.71. The van der Waals surface area contributed by atoms with Crippen molar-refractivity contribution in [2.24, 2.45) is 0 Å². The van der Waals surface area contributed by atoms with Gasteiger partial charge in [-0.15, -0.1) is 0 Å². The smallest absolute Gasteiger partial charge is 0.355 e. The zero-order chi connectivity index (χ0) is 18.8. The van der Waals surface area contributed by atoms with Gasteiger partial charge in [0.2, 0.25) is 0 Å². The summed E-state index contributed by atoms with van der Waals surface area (Å²) in [6, 6.07) is 8.62. The van der Waals surface area contributed by atoms with E-state index < -0.39 is 5.97 Å². The van der Waals surface area contributed by atoms with E-state index in [-0.39, 0.29) is 35.9 Å². The second kappa shape index (κ2) is 7.52. The second-order valence-corrected chi connectivity index (χ2v) is 7.02. The number of nitrogens with one attached hydrogen (secondary N) is 1. The molecule has 1 N–H and O–H groups in total. The molecular formula is C20H22N2O5. The summed E-state index contributed by atoms with van der Waals surface area (Å²) in [7, 11) is 0. The Morgan fingerprint density at radius 2 is 2.04 bits per heavy atom. The molecule has 2 atom stereocenters. The number of aromatic amines is 1. The summed E-state index contributed by atoms with van der Waals surface area (Å²) in [4.78, 5) is 41.3. The van der Waals surface area contributed by atoms with Crippen LogP contribution in [0.25, 0.3) is 10.8 Å². The highest BCUT2D eigenvalue weighted by Crippen LogP contribution is 2.28. The van der Waals surface area contributed by atoms with E-state index in [1.165, 1.54) is 0 Å². The zero-order valence-electron chi connectivity index (χ0n) is 15.0. The van der Waals surface area contributed by atoms with Gasteiger partial charge in [-0.2, -0.15) is 0 Å². The van der Waals surface area contributed by atoms with Crippen molar-refractivity contribution in [1.29, 1.82) is 0 Å². The number of esters is 1. The van der Waals surface area contributed by atoms with E-state index >= 15 is 0 Å². The average molecular weight is 370 g/mol. The van der Waals surface area contributed by atoms with Crippen LogP contribution in [0.2, 0.25) is 0 Å². The van der Waals surface area contributed by atoms with Crippen LogP contribution in [0.4, 0.5) is 0 Å². The van der Waals surface area contributed by atoms with Gasteiger partial charge in [-0.1, -0.05) is 31.0 Å². The predicted octanol–water partition coefficient (Wildman–Crippen LogP) is 1.85. The van der Waals surface area contributed by atoms with E-state index in [4.69, 9.17) is 9.47 Å². The Morgan fingerprint density at radius 1 is 1.22 bits per heavy atom. The Hall–Kier alpha value is -2.67. The lowest BCUT2D eigenvalue weighted by Crippen LogP contribution is -2.55. The number of benzene rings is 1. The third-order valence-electron chi connectivity index (χ3n) is 5.35. The molecule has 7 nitrogen and oxygen atoms in total. The van der Waals surface area contributed by atoms with Gasteiger partial charge in [0, 0.05) is 11.9 Å². The minimum atomic E-state index is -0.709. The highest BCUT2D eigenvalue weighted by molar-refractivity contribution is 5.94. The summed E-state index contributed by atoms with van der Waals surface area (Å²) in [5, 5.41) is 1.15. The van der Waals surface area contributed by atoms with Crippen LogP contribution in [-0.4, -0.2) is 53.7 Å². The van der Waals surface area contributed by atoms with Gasteiger partial charge in [0.05, 0.1) is 18.8 Å². The number of morpholine rings is 1. The van der Waals surface area contributed by atoms with Crippen molar-refractivity contribution in [2.45, 2.75) is 37.8 Å². The number of rotatable bonds is 3. The lowest BCUT2D eigenvalue weighted by molar-refractivity contribution is -0.152. The van der Waals surface area contributed by atoms with E-state index in [2.05, 4.69) is 4.98 Å². The molecule has 2 aliphatic rings. The minimum absolute atomic E-state index is 0.0454. The van der Waals surface area contributed by atoms with Crippen LogP contribution < -0.4 is 5.56 Å². The van der Waals surface area contributed by atoms with Crippen molar-refractivity contribution in [2.75, 3.05) is 19.8 Å². The molecule has 2 heterocycles. The number of aromatic nitrogens is 1. The number of carbonyl (C=O) groups is 2. The molecule has 0 radical (unpaired) electrons. The number of H-pyrrole nitrogens is 1. The molecule has 1 saturated carbocycles. The number of fused-ring (bicyclic) bond motifs is 2. The van der Waals surface area contributed by atoms with Gasteiger partial charge < -0.3 is 19.4 Å². The Balaban J connectivity index is 1.43. The molecule has 1 aliphatic carbocycles. The van der Waals surface area contributed by atoms with Crippen LogP contribution in [0, 0.1) is 0 Å². The topological polar surface area (TPSA) is 88.7 Å². The quantitative estimate of drug-likeness (QED) is 0.833. The highest BCUT2D eigenvalue weighted by atomic mass is 16.5. The van der Waals surface area contributed by atoms with Crippen LogP contribution in [0.1, 0.15) is 36.2 Å². The number of hydrogen-bond acceptors (Lipinski definition) is 5. The largest absolute Gasteiger partial charge is 0.451 e. The molecule has 1 aliphatic heterocycles. The SMILES string of the molecule is O=C(OCC(=O)N1CCO[C@H]2CCCC[C@@H]21)c1cc2ccccc2c(=O)[nH]1. The Kier molecular flexibility index (Phi) is 4.94. The van der Waals surface area contributed by atoms with Crippen LogP contribution >= 0.6 is 0 Å². The maximum Gasteiger partial charge on any atom is 0.355 e. The monoisotopic (exact) mass is 370 g/mol. The normalized spacial score (nSPS) is 22.3. The van der Waals surface area contributed by atoms with Gasteiger partial charge in [-0.3, -0.25) is 9.59 Å². The number of nitrogens with zero attached hydrogens (tertiary/aromatic N) is 1. The Labute approximate surface area is 156 Å². The molecule has 0 unspecified atom stereocenters. The summed E-state index contributed by atoms with van der Waals surface area (Å²) in [6.45, 7) is 0.695. The lowest BCUT2D eigenvalue weighted by Gasteiger charge is -2.43. The molecule has 0 bridgehead atoms. The fourth-order valence-electron chi connectivity index (χ4n) is 4.01. The Morgan fingerprint density at radius 3 is 2.93 bits per heavy atom. The highest BCUT2D eigenvalue weighted by Gasteiger charge is 2.36. The molecule has 2 fully saturated rings. The summed E-state index contributed by atoms with van der Waals surface area (Å²) in [6.07, 6.45) is 4.17. The van der Waals surface area contributed by atoms with Crippen molar-refractivity contribution in [1.82, 2.24) is 9.88 Å². The van der Waals surface area contributed by atoms with Crippen molar-refractivity contribution >= 4 is 22.6 Å². The van der Waals surface area contributed by atoms with Crippen LogP contribution in [0.5, 0.6) is 0 Å². The van der Waals surface area contributed by atoms with Crippen LogP contribution in [0.3, 0.4) is 0 Å². The molecule has 27 heavy (non-hydrogen) atoms. The molecular weight excluding hydrogens is 348 g/mol. The van der Waals surface area contributed by atoms with Crippen molar-refractivity contribution in [3.8, 4) is 0 Å². The van der Waals surface area contributed by atoms with E-state index in [0.29, 0.717) is 23.9 Å². The fraction of sp³-hybridized carbons (Fsp3) is 0.450. The first-order valence-corrected chi connectivity index (χ1v) is 9.34. The van der Waals surface area contributed by atoms with Gasteiger partial charge in [-0.25, -0.2) is 4.79 Å². The van der Waals surface area contributed by atoms with E-state index in [9.17, 15) is 14.4 Å². The zero-order valence-corrected chi connectivity index (χ0v) is 15.0. The van der Waals surface area contributed by atoms with Crippen LogP contribution in [-0.2, 0) is 14.3 Å². The third-order valence-corrected chi connectivity index (χ3v) is 5.35. The molecule has 142 valence electrons. The molecule has 1 amide bonds. The van der Waals surface area contributed by atoms with E-state index in [0.717, 1.165) is 25.7 Å². The first-order chi connectivity index (χ1) is 13.1. The van der Waals surface area contributed by atoms with E-state index in [1.54, 1.807) is 35.2 Å². The molecule has 2 aromatic rings. The molecule has 1 saturated heterocycles. The van der Waals surface area contributed by atoms with Gasteiger partial charge >= 0.3 is 5.97 Å². The van der Waals surface area contributed by atoms with Gasteiger partial charge in [0.15, 0.2) is 6.61 Å². The maximum atomic E-state index is 12.6. The summed E-state index contributed by atoms with van der Waals surface area (Å²) < 4.78 is 11.0. The number of amides is 1. The molecule has 0 spiro atoms. The fourth-order valence-corrected chi connectivity index (χ4v) is 4.01. The van der Waals surface area contributed by atoms with Crippen molar-refractivity contribution < 1.29 is 19.1 Å². The first-order valence-electron chi connectivity index (χ1n) is 9.34. The lowest BCUT2D eigenvalue weighted by atomic mass is 9.90. The Bertz CT molecular complexity index is 920. The standard InChI is InChI=1S/C20H22N2O5/c23-18(22-9-10-26-17-8-4-3-7-16(17)22)12-27-20(25)15-11-13-5-1-2-6-14(13)19(24)21-15/h1-2,5-6,11,16-17H,3-4,7-10,12H2,(H,21,24)/t16-,17-/m0/s1. The molecule has 7 heteroatoms. The van der Waals surface area contributed by atoms with Gasteiger partial charge in [-0.05, 0) is 30.4 Å². The minimum Gasteiger partial charge on any atom is -0.451 e. The summed E-state index contributed by atoms with van der Waals surface area (Å²) in [5.41, 5.74) is -0.311. The second-order valence-electron chi connectivity index (χ2n) is 7.02. The number of pyridine rings is 1. The molecule has 4 rings (SSSR count). The van der Waals surface area contributed by atoms with Crippen LogP contribution in [0.15, 0.2) is 35.1 Å². The first kappa shape index (κ1) is 17.7. The third kappa shape index (κ3) is 3.60. The predicted molar refractivity (Wildman–Crippen MR) is 98.6 cm³/mol. The summed E-state index contributed by atoms with van der Waals surface area (Å²) >= 11 is 0. The maximum absolute atomic E-state index is 12.6. The number of carbonyl (C=O) groups excluding carboxylic acids is 2. The van der Waals surface area contributed by atoms with E-state index in [1.807, 2.05) is 0 Å². The van der Waals surface area contributed by atoms with Crippen molar-refractivity contribution in [3.05, 3.63) is 46.4 Å². The number of hydrogen-bond donors (Lipinski definition) is 1. The molecule has 1 aromatic heterocycles. The number of ether oxygens (including phenoxy) is 2. The van der Waals surface area contributed by atoms with Crippen molar-refractivity contribution in [3.63, 3.8) is 0 Å². The van der Waals surface area contributed by atoms with Gasteiger partial charge in [0.1, 0.15) is 5.69 Å². The summed E-state index contributed by atoms with van der Waals surface area (Å²) in [5.74, 6) is -0.925. The van der Waals surface area contributed by atoms with Gasteiger partial charge in [0.25, 0.3) is 11.5 Å². The molecule has 1 aromatic carbocycles.